The van der Waals surface area contributed by atoms with Crippen molar-refractivity contribution in [1.82, 2.24) is 15.1 Å². The predicted octanol–water partition coefficient (Wildman–Crippen LogP) is 2.49. The van der Waals surface area contributed by atoms with Gasteiger partial charge in [0, 0.05) is 19.0 Å². The van der Waals surface area contributed by atoms with Gasteiger partial charge in [-0.3, -0.25) is 9.59 Å². The number of hydrogen-bond donors (Lipinski definition) is 1. The van der Waals surface area contributed by atoms with Crippen LogP contribution in [0.1, 0.15) is 49.5 Å². The largest absolute Gasteiger partial charge is 0.448 e. The van der Waals surface area contributed by atoms with Crippen molar-refractivity contribution < 1.29 is 14.3 Å². The number of aromatic nitrogens is 2. The normalized spacial score (nSPS) is 15.0. The molecule has 2 aromatic rings. The van der Waals surface area contributed by atoms with E-state index >= 15 is 0 Å². The fraction of sp³-hybridized carbons (Fsp3) is 0.429. The number of rotatable bonds is 6. The third-order valence-corrected chi connectivity index (χ3v) is 4.93. The monoisotopic (exact) mass is 383 g/mol. The SMILES string of the molecule is CC(OC(=O)c1nn(C)c(=O)c2ccccc12)C(=O)NCCC1=CCCCC1. The Morgan fingerprint density at radius 1 is 1.25 bits per heavy atom. The second-order valence-corrected chi connectivity index (χ2v) is 7.02. The molecule has 1 aliphatic rings. The molecule has 0 aliphatic heterocycles. The fourth-order valence-corrected chi connectivity index (χ4v) is 3.34. The molecule has 0 radical (unpaired) electrons. The smallest absolute Gasteiger partial charge is 0.360 e. The second-order valence-electron chi connectivity index (χ2n) is 7.02. The Bertz CT molecular complexity index is 977. The number of esters is 1. The van der Waals surface area contributed by atoms with Crippen molar-refractivity contribution in [2.75, 3.05) is 6.54 Å². The van der Waals surface area contributed by atoms with Gasteiger partial charge in [0.25, 0.3) is 11.5 Å². The highest BCUT2D eigenvalue weighted by molar-refractivity contribution is 6.02. The van der Waals surface area contributed by atoms with Crippen LogP contribution in [0.15, 0.2) is 40.7 Å². The first-order valence-corrected chi connectivity index (χ1v) is 9.60. The van der Waals surface area contributed by atoms with E-state index in [1.807, 2.05) is 0 Å². The first-order chi connectivity index (χ1) is 13.5. The number of allylic oxidation sites excluding steroid dienone is 1. The van der Waals surface area contributed by atoms with Gasteiger partial charge < -0.3 is 10.1 Å². The van der Waals surface area contributed by atoms with Crippen LogP contribution in [-0.2, 0) is 16.6 Å². The maximum Gasteiger partial charge on any atom is 0.360 e. The van der Waals surface area contributed by atoms with Crippen molar-refractivity contribution in [3.05, 3.63) is 52.0 Å². The summed E-state index contributed by atoms with van der Waals surface area (Å²) in [6, 6.07) is 6.71. The zero-order valence-corrected chi connectivity index (χ0v) is 16.2. The van der Waals surface area contributed by atoms with Gasteiger partial charge in [-0.2, -0.15) is 5.10 Å². The maximum atomic E-state index is 12.6. The second kappa shape index (κ2) is 8.82. The first kappa shape index (κ1) is 19.8. The van der Waals surface area contributed by atoms with Crippen LogP contribution in [0.3, 0.4) is 0 Å². The molecule has 7 nitrogen and oxygen atoms in total. The summed E-state index contributed by atoms with van der Waals surface area (Å²) in [5.41, 5.74) is 1.09. The number of carbonyl (C=O) groups is 2. The summed E-state index contributed by atoms with van der Waals surface area (Å²) < 4.78 is 6.40. The Morgan fingerprint density at radius 3 is 2.71 bits per heavy atom. The van der Waals surface area contributed by atoms with Crippen LogP contribution in [0.2, 0.25) is 0 Å². The minimum absolute atomic E-state index is 0.0183. The molecular formula is C21H25N3O4. The number of benzene rings is 1. The van der Waals surface area contributed by atoms with Gasteiger partial charge in [-0.1, -0.05) is 29.8 Å². The lowest BCUT2D eigenvalue weighted by Crippen LogP contribution is -2.37. The number of fused-ring (bicyclic) bond motifs is 1. The molecule has 0 bridgehead atoms. The molecule has 0 saturated carbocycles. The summed E-state index contributed by atoms with van der Waals surface area (Å²) in [6.07, 6.45) is 6.74. The van der Waals surface area contributed by atoms with Crippen LogP contribution in [0.25, 0.3) is 10.8 Å². The third kappa shape index (κ3) is 4.47. The Hall–Kier alpha value is -2.96. The summed E-state index contributed by atoms with van der Waals surface area (Å²) in [5.74, 6) is -1.08. The highest BCUT2D eigenvalue weighted by Gasteiger charge is 2.22. The fourth-order valence-electron chi connectivity index (χ4n) is 3.34. The van der Waals surface area contributed by atoms with Crippen molar-refractivity contribution in [2.45, 2.75) is 45.1 Å². The van der Waals surface area contributed by atoms with Crippen LogP contribution >= 0.6 is 0 Å². The molecule has 28 heavy (non-hydrogen) atoms. The van der Waals surface area contributed by atoms with E-state index in [4.69, 9.17) is 4.74 Å². The Balaban J connectivity index is 1.63. The summed E-state index contributed by atoms with van der Waals surface area (Å²) in [7, 11) is 1.47. The summed E-state index contributed by atoms with van der Waals surface area (Å²) in [5, 5.41) is 7.63. The van der Waals surface area contributed by atoms with Crippen LogP contribution in [0.5, 0.6) is 0 Å². The molecule has 0 saturated heterocycles. The first-order valence-electron chi connectivity index (χ1n) is 9.60. The van der Waals surface area contributed by atoms with Crippen LogP contribution in [0.4, 0.5) is 0 Å². The molecule has 7 heteroatoms. The van der Waals surface area contributed by atoms with Gasteiger partial charge in [0.05, 0.1) is 5.39 Å². The van der Waals surface area contributed by atoms with Gasteiger partial charge in [-0.15, -0.1) is 0 Å². The van der Waals surface area contributed by atoms with E-state index in [0.29, 0.717) is 17.3 Å². The quantitative estimate of drug-likeness (QED) is 0.611. The average molecular weight is 383 g/mol. The summed E-state index contributed by atoms with van der Waals surface area (Å²) >= 11 is 0. The van der Waals surface area contributed by atoms with E-state index < -0.39 is 12.1 Å². The highest BCUT2D eigenvalue weighted by Crippen LogP contribution is 2.19. The maximum absolute atomic E-state index is 12.6. The van der Waals surface area contributed by atoms with Crippen molar-refractivity contribution in [2.24, 2.45) is 7.05 Å². The number of amides is 1. The van der Waals surface area contributed by atoms with Crippen LogP contribution in [0, 0.1) is 0 Å². The molecule has 0 fully saturated rings. The topological polar surface area (TPSA) is 90.3 Å². The molecule has 1 aromatic carbocycles. The molecular weight excluding hydrogens is 358 g/mol. The minimum Gasteiger partial charge on any atom is -0.448 e. The van der Waals surface area contributed by atoms with E-state index in [1.165, 1.54) is 32.4 Å². The van der Waals surface area contributed by atoms with Gasteiger partial charge in [-0.25, -0.2) is 9.48 Å². The number of aryl methyl sites for hydroxylation is 1. The molecule has 148 valence electrons. The lowest BCUT2D eigenvalue weighted by molar-refractivity contribution is -0.129. The van der Waals surface area contributed by atoms with E-state index in [2.05, 4.69) is 16.5 Å². The number of nitrogens with one attached hydrogen (secondary N) is 1. The lowest BCUT2D eigenvalue weighted by atomic mass is 9.97. The molecule has 1 aliphatic carbocycles. The van der Waals surface area contributed by atoms with Gasteiger partial charge >= 0.3 is 5.97 Å². The van der Waals surface area contributed by atoms with Crippen LogP contribution < -0.4 is 10.9 Å². The Labute approximate surface area is 163 Å². The molecule has 1 N–H and O–H groups in total. The van der Waals surface area contributed by atoms with E-state index in [0.717, 1.165) is 23.9 Å². The number of ether oxygens (including phenoxy) is 1. The van der Waals surface area contributed by atoms with Gasteiger partial charge in [0.15, 0.2) is 11.8 Å². The molecule has 3 rings (SSSR count). The molecule has 1 amide bonds. The predicted molar refractivity (Wildman–Crippen MR) is 106 cm³/mol. The highest BCUT2D eigenvalue weighted by atomic mass is 16.5. The zero-order chi connectivity index (χ0) is 20.1. The van der Waals surface area contributed by atoms with E-state index in [-0.39, 0.29) is 17.2 Å². The summed E-state index contributed by atoms with van der Waals surface area (Å²) in [4.78, 5) is 37.0. The van der Waals surface area contributed by atoms with Crippen molar-refractivity contribution in [3.63, 3.8) is 0 Å². The minimum atomic E-state index is -0.953. The Morgan fingerprint density at radius 2 is 2.00 bits per heavy atom. The lowest BCUT2D eigenvalue weighted by Gasteiger charge is -2.16. The zero-order valence-electron chi connectivity index (χ0n) is 16.2. The van der Waals surface area contributed by atoms with Crippen molar-refractivity contribution in [3.8, 4) is 0 Å². The van der Waals surface area contributed by atoms with Gasteiger partial charge in [0.2, 0.25) is 0 Å². The van der Waals surface area contributed by atoms with Crippen molar-refractivity contribution >= 4 is 22.6 Å². The third-order valence-electron chi connectivity index (χ3n) is 4.93. The van der Waals surface area contributed by atoms with Crippen molar-refractivity contribution in [1.29, 1.82) is 0 Å². The van der Waals surface area contributed by atoms with E-state index in [1.54, 1.807) is 24.3 Å². The average Bonchev–Trinajstić information content (AvgIpc) is 2.71. The molecule has 1 heterocycles. The van der Waals surface area contributed by atoms with Crippen LogP contribution in [-0.4, -0.2) is 34.3 Å². The number of hydrogen-bond acceptors (Lipinski definition) is 5. The number of nitrogens with zero attached hydrogens (tertiary/aromatic N) is 2. The van der Waals surface area contributed by atoms with Gasteiger partial charge in [0.1, 0.15) is 0 Å². The van der Waals surface area contributed by atoms with Gasteiger partial charge in [-0.05, 0) is 45.1 Å². The molecule has 1 aromatic heterocycles. The number of carbonyl (C=O) groups excluding carboxylic acids is 2. The molecule has 0 spiro atoms. The molecule has 1 atom stereocenters. The van der Waals surface area contributed by atoms with E-state index in [9.17, 15) is 14.4 Å². The Kier molecular flexibility index (Phi) is 6.23. The standard InChI is InChI=1S/C21H25N3O4/c1-14(19(25)22-13-12-15-8-4-3-5-9-15)28-21(27)18-16-10-6-7-11-17(16)20(26)24(2)23-18/h6-8,10-11,14H,3-5,9,12-13H2,1-2H3,(H,22,25). The summed E-state index contributed by atoms with van der Waals surface area (Å²) in [6.45, 7) is 2.05. The molecule has 1 unspecified atom stereocenters.